The molecule has 0 aliphatic carbocycles. The molecular formula is C19H26N3O3S+. The molecule has 2 rings (SSSR count). The maximum atomic E-state index is 12.4. The fourth-order valence-corrected chi connectivity index (χ4v) is 3.42. The summed E-state index contributed by atoms with van der Waals surface area (Å²) < 4.78 is 25.5. The lowest BCUT2D eigenvalue weighted by Crippen LogP contribution is -3.04. The van der Waals surface area contributed by atoms with Gasteiger partial charge in [0.05, 0.1) is 19.0 Å². The number of quaternary nitrogens is 1. The fraction of sp³-hybridized carbons (Fsp3) is 0.316. The van der Waals surface area contributed by atoms with Crippen molar-refractivity contribution in [3.63, 3.8) is 0 Å². The number of nitrogens with zero attached hydrogens (tertiary/aromatic N) is 1. The van der Waals surface area contributed by atoms with Gasteiger partial charge in [-0.1, -0.05) is 30.3 Å². The second-order valence-corrected chi connectivity index (χ2v) is 8.85. The first-order valence-corrected chi connectivity index (χ1v) is 9.82. The maximum absolute atomic E-state index is 12.4. The molecule has 0 spiro atoms. The summed E-state index contributed by atoms with van der Waals surface area (Å²) in [6.07, 6.45) is 0. The third-order valence-electron chi connectivity index (χ3n) is 3.91. The second kappa shape index (κ2) is 8.44. The molecule has 0 atom stereocenters. The summed E-state index contributed by atoms with van der Waals surface area (Å²) in [4.78, 5) is 13.8. The molecule has 0 radical (unpaired) electrons. The van der Waals surface area contributed by atoms with Gasteiger partial charge in [-0.25, -0.2) is 12.7 Å². The molecule has 0 heterocycles. The van der Waals surface area contributed by atoms with E-state index in [0.29, 0.717) is 12.1 Å². The third-order valence-corrected chi connectivity index (χ3v) is 5.72. The lowest BCUT2D eigenvalue weighted by Gasteiger charge is -2.12. The van der Waals surface area contributed by atoms with Crippen molar-refractivity contribution in [2.45, 2.75) is 18.0 Å². The van der Waals surface area contributed by atoms with Crippen LogP contribution in [-0.4, -0.2) is 46.8 Å². The van der Waals surface area contributed by atoms with E-state index in [0.717, 1.165) is 16.4 Å². The zero-order valence-electron chi connectivity index (χ0n) is 15.6. The van der Waals surface area contributed by atoms with Crippen LogP contribution in [0.1, 0.15) is 21.5 Å². The van der Waals surface area contributed by atoms with Gasteiger partial charge in [0, 0.05) is 31.8 Å². The predicted octanol–water partition coefficient (Wildman–Crippen LogP) is 0.511. The molecule has 6 nitrogen and oxygen atoms in total. The molecule has 2 aromatic rings. The first kappa shape index (κ1) is 20.1. The van der Waals surface area contributed by atoms with E-state index < -0.39 is 10.0 Å². The Morgan fingerprint density at radius 1 is 1.04 bits per heavy atom. The van der Waals surface area contributed by atoms with Crippen molar-refractivity contribution in [1.29, 1.82) is 0 Å². The maximum Gasteiger partial charge on any atom is 0.251 e. The smallest absolute Gasteiger partial charge is 0.251 e. The molecule has 0 unspecified atom stereocenters. The van der Waals surface area contributed by atoms with Gasteiger partial charge in [0.15, 0.2) is 0 Å². The summed E-state index contributed by atoms with van der Waals surface area (Å²) >= 11 is 0. The van der Waals surface area contributed by atoms with Crippen molar-refractivity contribution < 1.29 is 18.1 Å². The van der Waals surface area contributed by atoms with Crippen LogP contribution < -0.4 is 10.2 Å². The second-order valence-electron chi connectivity index (χ2n) is 6.70. The van der Waals surface area contributed by atoms with Gasteiger partial charge in [-0.05, 0) is 23.8 Å². The third kappa shape index (κ3) is 5.14. The molecule has 0 aliphatic rings. The zero-order chi connectivity index (χ0) is 19.3. The van der Waals surface area contributed by atoms with E-state index in [1.165, 1.54) is 36.7 Å². The number of carbonyl (C=O) groups is 1. The molecule has 2 aromatic carbocycles. The van der Waals surface area contributed by atoms with Crippen molar-refractivity contribution >= 4 is 15.9 Å². The van der Waals surface area contributed by atoms with Gasteiger partial charge in [0.25, 0.3) is 5.91 Å². The van der Waals surface area contributed by atoms with Crippen LogP contribution in [0.3, 0.4) is 0 Å². The molecule has 7 heteroatoms. The minimum absolute atomic E-state index is 0.102. The number of carbonyl (C=O) groups excluding carboxylic acids is 1. The van der Waals surface area contributed by atoms with Gasteiger partial charge in [0.2, 0.25) is 10.0 Å². The van der Waals surface area contributed by atoms with Gasteiger partial charge in [0.1, 0.15) is 6.54 Å². The van der Waals surface area contributed by atoms with E-state index in [9.17, 15) is 13.2 Å². The molecular weight excluding hydrogens is 350 g/mol. The van der Waals surface area contributed by atoms with Crippen LogP contribution >= 0.6 is 0 Å². The highest BCUT2D eigenvalue weighted by Gasteiger charge is 2.18. The highest BCUT2D eigenvalue weighted by atomic mass is 32.2. The average Bonchev–Trinajstić information content (AvgIpc) is 2.60. The highest BCUT2D eigenvalue weighted by Crippen LogP contribution is 2.15. The van der Waals surface area contributed by atoms with Crippen LogP contribution in [0, 0.1) is 0 Å². The first-order chi connectivity index (χ1) is 12.2. The van der Waals surface area contributed by atoms with Crippen LogP contribution in [0.25, 0.3) is 0 Å². The fourth-order valence-electron chi connectivity index (χ4n) is 2.48. The summed E-state index contributed by atoms with van der Waals surface area (Å²) in [5, 5.41) is 2.83. The molecule has 0 aliphatic heterocycles. The normalized spacial score (nSPS) is 11.8. The number of sulfonamides is 1. The zero-order valence-corrected chi connectivity index (χ0v) is 16.4. The van der Waals surface area contributed by atoms with Gasteiger partial charge in [-0.3, -0.25) is 4.79 Å². The number of nitrogens with one attached hydrogen (secondary N) is 2. The van der Waals surface area contributed by atoms with Crippen LogP contribution in [0.5, 0.6) is 0 Å². The summed E-state index contributed by atoms with van der Waals surface area (Å²) in [7, 11) is 3.55. The van der Waals surface area contributed by atoms with Crippen LogP contribution in [-0.2, 0) is 23.1 Å². The predicted molar refractivity (Wildman–Crippen MR) is 101 cm³/mol. The highest BCUT2D eigenvalue weighted by molar-refractivity contribution is 7.89. The summed E-state index contributed by atoms with van der Waals surface area (Å²) in [6, 6.07) is 14.1. The van der Waals surface area contributed by atoms with E-state index in [1.807, 2.05) is 12.1 Å². The number of hydrogen-bond acceptors (Lipinski definition) is 3. The molecule has 0 bridgehead atoms. The Morgan fingerprint density at radius 3 is 2.23 bits per heavy atom. The number of hydrogen-bond donors (Lipinski definition) is 2. The Morgan fingerprint density at radius 2 is 1.65 bits per heavy atom. The number of benzene rings is 2. The molecule has 2 N–H and O–H groups in total. The Balaban J connectivity index is 2.04. The molecule has 0 fully saturated rings. The van der Waals surface area contributed by atoms with Gasteiger partial charge in [-0.2, -0.15) is 0 Å². The van der Waals surface area contributed by atoms with E-state index >= 15 is 0 Å². The molecule has 140 valence electrons. The van der Waals surface area contributed by atoms with E-state index in [1.54, 1.807) is 12.1 Å². The number of rotatable bonds is 7. The van der Waals surface area contributed by atoms with E-state index in [-0.39, 0.29) is 10.8 Å². The monoisotopic (exact) mass is 376 g/mol. The Kier molecular flexibility index (Phi) is 6.52. The topological polar surface area (TPSA) is 70.9 Å². The van der Waals surface area contributed by atoms with Crippen LogP contribution in [0.15, 0.2) is 53.4 Å². The largest absolute Gasteiger partial charge is 0.348 e. The standard InChI is InChI=1S/C19H25N3O3S/c1-21(2)14-16-10-8-15(9-11-16)13-20-19(23)17-6-5-7-18(12-17)26(24,25)22(3)4/h5-12H,13-14H2,1-4H3,(H,20,23)/p+1. The lowest BCUT2D eigenvalue weighted by atomic mass is 10.1. The van der Waals surface area contributed by atoms with E-state index in [4.69, 9.17) is 0 Å². The Bertz CT molecular complexity index is 860. The lowest BCUT2D eigenvalue weighted by molar-refractivity contribution is -0.872. The van der Waals surface area contributed by atoms with Gasteiger partial charge >= 0.3 is 0 Å². The average molecular weight is 377 g/mol. The van der Waals surface area contributed by atoms with E-state index in [2.05, 4.69) is 31.5 Å². The van der Waals surface area contributed by atoms with Crippen molar-refractivity contribution in [1.82, 2.24) is 9.62 Å². The van der Waals surface area contributed by atoms with Crippen LogP contribution in [0.4, 0.5) is 0 Å². The first-order valence-electron chi connectivity index (χ1n) is 8.38. The Labute approximate surface area is 155 Å². The molecule has 1 amide bonds. The summed E-state index contributed by atoms with van der Waals surface area (Å²) in [5.74, 6) is -0.303. The van der Waals surface area contributed by atoms with Crippen LogP contribution in [0.2, 0.25) is 0 Å². The SMILES string of the molecule is CN(C)S(=O)(=O)c1cccc(C(=O)NCc2ccc(C[NH+](C)C)cc2)c1. The van der Waals surface area contributed by atoms with Crippen molar-refractivity contribution in [2.24, 2.45) is 0 Å². The minimum Gasteiger partial charge on any atom is -0.348 e. The van der Waals surface area contributed by atoms with Crippen molar-refractivity contribution in [2.75, 3.05) is 28.2 Å². The minimum atomic E-state index is -3.56. The van der Waals surface area contributed by atoms with Gasteiger partial charge in [-0.15, -0.1) is 0 Å². The summed E-state index contributed by atoms with van der Waals surface area (Å²) in [5.41, 5.74) is 2.55. The quantitative estimate of drug-likeness (QED) is 0.740. The Hall–Kier alpha value is -2.22. The molecule has 0 saturated carbocycles. The molecule has 26 heavy (non-hydrogen) atoms. The summed E-state index contributed by atoms with van der Waals surface area (Å²) in [6.45, 7) is 1.33. The van der Waals surface area contributed by atoms with Crippen molar-refractivity contribution in [3.05, 3.63) is 65.2 Å². The van der Waals surface area contributed by atoms with Gasteiger partial charge < -0.3 is 10.2 Å². The molecule has 0 aromatic heterocycles. The number of amides is 1. The molecule has 0 saturated heterocycles. The van der Waals surface area contributed by atoms with Crippen molar-refractivity contribution in [3.8, 4) is 0 Å².